The molecule has 5 atom stereocenters. The van der Waals surface area contributed by atoms with E-state index in [2.05, 4.69) is 4.74 Å². The van der Waals surface area contributed by atoms with Crippen LogP contribution in [0.2, 0.25) is 0 Å². The number of carbonyl (C=O) groups is 1. The molecular weight excluding hydrogens is 222 g/mol. The molecule has 0 bridgehead atoms. The van der Waals surface area contributed by atoms with Gasteiger partial charge in [0.1, 0.15) is 18.3 Å². The molecule has 1 rings (SSSR count). The number of ether oxygens (including phenoxy) is 1. The molecule has 8 nitrogen and oxygen atoms in total. The van der Waals surface area contributed by atoms with Crippen LogP contribution in [0.4, 0.5) is 0 Å². The lowest BCUT2D eigenvalue weighted by atomic mass is 9.90. The summed E-state index contributed by atoms with van der Waals surface area (Å²) in [5, 5.41) is 53.6. The lowest BCUT2D eigenvalue weighted by Crippen LogP contribution is -2.68. The lowest BCUT2D eigenvalue weighted by Gasteiger charge is -2.43. The number of aliphatic hydroxyl groups excluding tert-OH is 3. The van der Waals surface area contributed by atoms with Gasteiger partial charge in [-0.1, -0.05) is 0 Å². The molecule has 16 heavy (non-hydrogen) atoms. The van der Waals surface area contributed by atoms with Gasteiger partial charge in [0.05, 0.1) is 5.71 Å². The predicted octanol–water partition coefficient (Wildman–Crippen LogP) is -2.72. The zero-order valence-corrected chi connectivity index (χ0v) is 8.36. The van der Waals surface area contributed by atoms with Gasteiger partial charge < -0.3 is 35.7 Å². The van der Waals surface area contributed by atoms with Gasteiger partial charge in [-0.3, -0.25) is 0 Å². The van der Waals surface area contributed by atoms with Crippen molar-refractivity contribution in [1.29, 1.82) is 5.41 Å². The number of rotatable bonds is 2. The van der Waals surface area contributed by atoms with Crippen LogP contribution in [0.1, 0.15) is 6.92 Å². The van der Waals surface area contributed by atoms with Gasteiger partial charge in [0, 0.05) is 0 Å². The maximum Gasteiger partial charge on any atom is 0.335 e. The first kappa shape index (κ1) is 13.0. The topological polar surface area (TPSA) is 151 Å². The van der Waals surface area contributed by atoms with E-state index in [-0.39, 0.29) is 0 Å². The van der Waals surface area contributed by atoms with E-state index >= 15 is 0 Å². The summed E-state index contributed by atoms with van der Waals surface area (Å²) in [6.07, 6.45) is -7.70. The first-order chi connectivity index (χ1) is 7.21. The Morgan fingerprint density at radius 2 is 1.81 bits per heavy atom. The summed E-state index contributed by atoms with van der Waals surface area (Å²) in [6.45, 7) is 1.08. The second-order valence-electron chi connectivity index (χ2n) is 3.62. The zero-order valence-electron chi connectivity index (χ0n) is 8.36. The molecule has 92 valence electrons. The Hall–Kier alpha value is -1.06. The van der Waals surface area contributed by atoms with E-state index in [1.165, 1.54) is 0 Å². The standard InChI is InChI=1S/C8H13NO7/c1-2(9)8(15)6(12)4(11)3(10)5(16-8)7(13)14/h3-6,9-12,15H,1H3,(H,13,14)/t3-,4-,5-,6+,8-/m0/s1. The van der Waals surface area contributed by atoms with Crippen LogP contribution in [-0.2, 0) is 9.53 Å². The first-order valence-corrected chi connectivity index (χ1v) is 4.44. The molecule has 0 aliphatic carbocycles. The molecule has 1 fully saturated rings. The SMILES string of the molecule is CC(=N)[C@]1(O)O[C@H](C(=O)O)[C@@H](O)[C@H](O)[C@H]1O. The number of aliphatic carboxylic acids is 1. The quantitative estimate of drug-likeness (QED) is 0.284. The Bertz CT molecular complexity index is 320. The summed E-state index contributed by atoms with van der Waals surface area (Å²) in [6, 6.07) is 0. The Morgan fingerprint density at radius 1 is 1.31 bits per heavy atom. The molecule has 0 saturated carbocycles. The summed E-state index contributed by atoms with van der Waals surface area (Å²) < 4.78 is 4.56. The average molecular weight is 235 g/mol. The number of hydrogen-bond donors (Lipinski definition) is 6. The highest BCUT2D eigenvalue weighted by atomic mass is 16.7. The van der Waals surface area contributed by atoms with Crippen LogP contribution in [-0.4, -0.2) is 67.4 Å². The smallest absolute Gasteiger partial charge is 0.335 e. The Balaban J connectivity index is 3.08. The molecule has 0 aromatic heterocycles. The number of aliphatic hydroxyl groups is 4. The lowest BCUT2D eigenvalue weighted by molar-refractivity contribution is -0.309. The van der Waals surface area contributed by atoms with Crippen LogP contribution >= 0.6 is 0 Å². The molecule has 1 aliphatic heterocycles. The van der Waals surface area contributed by atoms with Gasteiger partial charge in [-0.25, -0.2) is 4.79 Å². The van der Waals surface area contributed by atoms with Gasteiger partial charge in [-0.15, -0.1) is 0 Å². The minimum Gasteiger partial charge on any atom is -0.479 e. The highest BCUT2D eigenvalue weighted by Gasteiger charge is 2.56. The third-order valence-corrected chi connectivity index (χ3v) is 2.47. The molecule has 6 N–H and O–H groups in total. The van der Waals surface area contributed by atoms with E-state index in [9.17, 15) is 25.2 Å². The Kier molecular flexibility index (Phi) is 3.31. The first-order valence-electron chi connectivity index (χ1n) is 4.44. The minimum absolute atomic E-state index is 0.572. The third-order valence-electron chi connectivity index (χ3n) is 2.47. The summed E-state index contributed by atoms with van der Waals surface area (Å²) in [4.78, 5) is 10.7. The monoisotopic (exact) mass is 235 g/mol. The van der Waals surface area contributed by atoms with Crippen molar-refractivity contribution in [3.63, 3.8) is 0 Å². The summed E-state index contributed by atoms with van der Waals surface area (Å²) >= 11 is 0. The largest absolute Gasteiger partial charge is 0.479 e. The third kappa shape index (κ3) is 1.81. The van der Waals surface area contributed by atoms with Crippen LogP contribution in [0, 0.1) is 5.41 Å². The van der Waals surface area contributed by atoms with Crippen molar-refractivity contribution < 1.29 is 35.1 Å². The highest BCUT2D eigenvalue weighted by molar-refractivity contribution is 5.87. The summed E-state index contributed by atoms with van der Waals surface area (Å²) in [5.41, 5.74) is -0.572. The molecule has 0 aromatic rings. The van der Waals surface area contributed by atoms with Crippen LogP contribution in [0.5, 0.6) is 0 Å². The van der Waals surface area contributed by atoms with E-state index < -0.39 is 41.9 Å². The summed E-state index contributed by atoms with van der Waals surface area (Å²) in [7, 11) is 0. The van der Waals surface area contributed by atoms with Crippen LogP contribution in [0.25, 0.3) is 0 Å². The molecule has 1 aliphatic rings. The minimum atomic E-state index is -2.61. The predicted molar refractivity (Wildman–Crippen MR) is 48.9 cm³/mol. The molecule has 1 saturated heterocycles. The number of nitrogens with one attached hydrogen (secondary N) is 1. The van der Waals surface area contributed by atoms with E-state index in [0.29, 0.717) is 0 Å². The van der Waals surface area contributed by atoms with Crippen LogP contribution in [0.3, 0.4) is 0 Å². The maximum absolute atomic E-state index is 10.7. The Morgan fingerprint density at radius 3 is 2.19 bits per heavy atom. The molecule has 0 spiro atoms. The number of hydrogen-bond acceptors (Lipinski definition) is 7. The highest BCUT2D eigenvalue weighted by Crippen LogP contribution is 2.29. The van der Waals surface area contributed by atoms with E-state index in [1.54, 1.807) is 0 Å². The maximum atomic E-state index is 10.7. The van der Waals surface area contributed by atoms with Crippen molar-refractivity contribution >= 4 is 11.7 Å². The fourth-order valence-electron chi connectivity index (χ4n) is 1.44. The van der Waals surface area contributed by atoms with Gasteiger partial charge in [0.25, 0.3) is 0 Å². The van der Waals surface area contributed by atoms with Crippen molar-refractivity contribution in [2.24, 2.45) is 0 Å². The van der Waals surface area contributed by atoms with Gasteiger partial charge >= 0.3 is 5.97 Å². The van der Waals surface area contributed by atoms with Crippen molar-refractivity contribution in [3.8, 4) is 0 Å². The number of carboxylic acid groups (broad SMARTS) is 1. The molecule has 0 amide bonds. The van der Waals surface area contributed by atoms with Gasteiger partial charge in [-0.05, 0) is 6.92 Å². The molecular formula is C8H13NO7. The molecule has 0 radical (unpaired) electrons. The van der Waals surface area contributed by atoms with E-state index in [1.807, 2.05) is 0 Å². The van der Waals surface area contributed by atoms with Crippen molar-refractivity contribution in [2.45, 2.75) is 37.1 Å². The van der Waals surface area contributed by atoms with E-state index in [4.69, 9.17) is 10.5 Å². The normalized spacial score (nSPS) is 44.1. The van der Waals surface area contributed by atoms with Crippen LogP contribution < -0.4 is 0 Å². The Labute approximate surface area is 90.2 Å². The second kappa shape index (κ2) is 4.07. The summed E-state index contributed by atoms with van der Waals surface area (Å²) in [5.74, 6) is -4.22. The molecule has 1 heterocycles. The molecule has 8 heteroatoms. The fourth-order valence-corrected chi connectivity index (χ4v) is 1.44. The van der Waals surface area contributed by atoms with E-state index in [0.717, 1.165) is 6.92 Å². The van der Waals surface area contributed by atoms with Crippen molar-refractivity contribution in [1.82, 2.24) is 0 Å². The molecule has 0 unspecified atom stereocenters. The van der Waals surface area contributed by atoms with Gasteiger partial charge in [0.2, 0.25) is 5.79 Å². The number of carboxylic acids is 1. The van der Waals surface area contributed by atoms with Crippen molar-refractivity contribution in [3.05, 3.63) is 0 Å². The van der Waals surface area contributed by atoms with Crippen molar-refractivity contribution in [2.75, 3.05) is 0 Å². The fraction of sp³-hybridized carbons (Fsp3) is 0.750. The average Bonchev–Trinajstić information content (AvgIpc) is 2.19. The second-order valence-corrected chi connectivity index (χ2v) is 3.62. The van der Waals surface area contributed by atoms with Gasteiger partial charge in [-0.2, -0.15) is 0 Å². The van der Waals surface area contributed by atoms with Gasteiger partial charge in [0.15, 0.2) is 6.10 Å². The zero-order chi connectivity index (χ0) is 12.7. The van der Waals surface area contributed by atoms with Crippen LogP contribution in [0.15, 0.2) is 0 Å². The molecule has 0 aromatic carbocycles.